The maximum Gasteiger partial charge on any atom is 0.303 e. The first-order valence-electron chi connectivity index (χ1n) is 7.02. The van der Waals surface area contributed by atoms with Crippen molar-refractivity contribution < 1.29 is 51.7 Å². The van der Waals surface area contributed by atoms with E-state index in [2.05, 4.69) is 13.8 Å². The SMILES string of the molecule is CCC(=O)O.CCC(=O)O.CCCCO.CCCCO.[Ti]. The van der Waals surface area contributed by atoms with Crippen LogP contribution in [0.2, 0.25) is 0 Å². The first kappa shape index (κ1) is 32.5. The van der Waals surface area contributed by atoms with Crippen LogP contribution in [0.4, 0.5) is 0 Å². The standard InChI is InChI=1S/2C4H10O.2C3H6O2.Ti/c2*1-2-3-4-5;2*1-2-3(4)5;/h2*5H,2-4H2,1H3;2*2H2,1H3,(H,4,5);. The van der Waals surface area contributed by atoms with Gasteiger partial charge in [-0.2, -0.15) is 0 Å². The second-order valence-electron chi connectivity index (χ2n) is 3.65. The van der Waals surface area contributed by atoms with Gasteiger partial charge in [0.05, 0.1) is 0 Å². The number of unbranched alkanes of at least 4 members (excludes halogenated alkanes) is 2. The fourth-order valence-electron chi connectivity index (χ4n) is 0.316. The molecule has 0 aromatic rings. The van der Waals surface area contributed by atoms with Crippen molar-refractivity contribution in [2.45, 2.75) is 66.2 Å². The topological polar surface area (TPSA) is 115 Å². The van der Waals surface area contributed by atoms with Crippen LogP contribution >= 0.6 is 0 Å². The Bertz CT molecular complexity index is 164. The Hall–Kier alpha value is -0.426. The van der Waals surface area contributed by atoms with Crippen molar-refractivity contribution in [3.05, 3.63) is 0 Å². The van der Waals surface area contributed by atoms with Crippen LogP contribution in [-0.2, 0) is 31.3 Å². The van der Waals surface area contributed by atoms with Crippen molar-refractivity contribution in [2.75, 3.05) is 13.2 Å². The molecule has 7 heteroatoms. The summed E-state index contributed by atoms with van der Waals surface area (Å²) < 4.78 is 0. The molecular formula is C14H32O6Ti. The van der Waals surface area contributed by atoms with Gasteiger partial charge in [-0.25, -0.2) is 0 Å². The molecule has 0 aromatic heterocycles. The van der Waals surface area contributed by atoms with Crippen molar-refractivity contribution in [2.24, 2.45) is 0 Å². The molecule has 0 radical (unpaired) electrons. The first-order valence-corrected chi connectivity index (χ1v) is 7.02. The van der Waals surface area contributed by atoms with Gasteiger partial charge in [-0.05, 0) is 12.8 Å². The van der Waals surface area contributed by atoms with E-state index in [1.165, 1.54) is 0 Å². The molecule has 128 valence electrons. The zero-order valence-electron chi connectivity index (χ0n) is 13.8. The number of hydrogen-bond acceptors (Lipinski definition) is 4. The largest absolute Gasteiger partial charge is 0.481 e. The molecule has 0 fully saturated rings. The molecule has 0 saturated heterocycles. The average molecular weight is 344 g/mol. The van der Waals surface area contributed by atoms with Crippen molar-refractivity contribution in [3.8, 4) is 0 Å². The number of hydrogen-bond donors (Lipinski definition) is 4. The molecule has 0 spiro atoms. The predicted octanol–water partition coefficient (Wildman–Crippen LogP) is 2.52. The summed E-state index contributed by atoms with van der Waals surface area (Å²) >= 11 is 0. The smallest absolute Gasteiger partial charge is 0.303 e. The van der Waals surface area contributed by atoms with Gasteiger partial charge in [-0.15, -0.1) is 0 Å². The Kier molecular flexibility index (Phi) is 56.7. The molecule has 0 unspecified atom stereocenters. The van der Waals surface area contributed by atoms with Gasteiger partial charge in [-0.1, -0.05) is 40.5 Å². The summed E-state index contributed by atoms with van der Waals surface area (Å²) in [7, 11) is 0. The molecular weight excluding hydrogens is 312 g/mol. The molecule has 0 heterocycles. The molecule has 0 aliphatic rings. The van der Waals surface area contributed by atoms with Crippen LogP contribution in [0.5, 0.6) is 0 Å². The monoisotopic (exact) mass is 344 g/mol. The number of carboxylic acids is 2. The third kappa shape index (κ3) is 105. The summed E-state index contributed by atoms with van der Waals surface area (Å²) in [4.78, 5) is 18.7. The van der Waals surface area contributed by atoms with E-state index in [-0.39, 0.29) is 34.6 Å². The van der Waals surface area contributed by atoms with Gasteiger partial charge >= 0.3 is 11.9 Å². The second-order valence-corrected chi connectivity index (χ2v) is 3.65. The number of aliphatic hydroxyl groups excluding tert-OH is 2. The van der Waals surface area contributed by atoms with Crippen molar-refractivity contribution in [1.29, 1.82) is 0 Å². The van der Waals surface area contributed by atoms with E-state index in [1.54, 1.807) is 13.8 Å². The van der Waals surface area contributed by atoms with Crippen LogP contribution in [0, 0.1) is 0 Å². The summed E-state index contributed by atoms with van der Waals surface area (Å²) in [6.45, 7) is 7.99. The fourth-order valence-corrected chi connectivity index (χ4v) is 0.316. The van der Waals surface area contributed by atoms with Gasteiger partial charge in [0.15, 0.2) is 0 Å². The van der Waals surface area contributed by atoms with Gasteiger partial charge in [-0.3, -0.25) is 9.59 Å². The van der Waals surface area contributed by atoms with Crippen LogP contribution in [0.3, 0.4) is 0 Å². The Morgan fingerprint density at radius 1 is 0.714 bits per heavy atom. The number of aliphatic hydroxyl groups is 2. The molecule has 0 rings (SSSR count). The minimum atomic E-state index is -0.745. The van der Waals surface area contributed by atoms with Crippen LogP contribution in [0.25, 0.3) is 0 Å². The minimum absolute atomic E-state index is 0. The van der Waals surface area contributed by atoms with E-state index in [1.807, 2.05) is 0 Å². The molecule has 0 aromatic carbocycles. The van der Waals surface area contributed by atoms with Gasteiger partial charge in [0, 0.05) is 47.8 Å². The van der Waals surface area contributed by atoms with Crippen LogP contribution in [-0.4, -0.2) is 45.6 Å². The normalized spacial score (nSPS) is 7.52. The van der Waals surface area contributed by atoms with E-state index in [4.69, 9.17) is 20.4 Å². The Balaban J connectivity index is -0.0000000533. The molecule has 6 nitrogen and oxygen atoms in total. The summed E-state index contributed by atoms with van der Waals surface area (Å²) in [5, 5.41) is 31.6. The number of carbonyl (C=O) groups is 2. The van der Waals surface area contributed by atoms with Gasteiger partial charge < -0.3 is 20.4 Å². The fraction of sp³-hybridized carbons (Fsp3) is 0.857. The van der Waals surface area contributed by atoms with E-state index < -0.39 is 11.9 Å². The van der Waals surface area contributed by atoms with Crippen LogP contribution in [0.15, 0.2) is 0 Å². The molecule has 21 heavy (non-hydrogen) atoms. The Morgan fingerprint density at radius 2 is 0.905 bits per heavy atom. The van der Waals surface area contributed by atoms with E-state index in [0.717, 1.165) is 25.7 Å². The Morgan fingerprint density at radius 3 is 0.905 bits per heavy atom. The van der Waals surface area contributed by atoms with Gasteiger partial charge in [0.2, 0.25) is 0 Å². The average Bonchev–Trinajstić information content (AvgIpc) is 2.42. The van der Waals surface area contributed by atoms with Crippen molar-refractivity contribution in [1.82, 2.24) is 0 Å². The third-order valence-corrected chi connectivity index (χ3v) is 1.63. The molecule has 0 saturated carbocycles. The summed E-state index contributed by atoms with van der Waals surface area (Å²) in [5.74, 6) is -1.49. The molecule has 0 aliphatic carbocycles. The Labute approximate surface area is 143 Å². The molecule has 0 bridgehead atoms. The van der Waals surface area contributed by atoms with Crippen LogP contribution in [0.1, 0.15) is 66.2 Å². The molecule has 0 amide bonds. The maximum absolute atomic E-state index is 9.37. The number of rotatable bonds is 6. The van der Waals surface area contributed by atoms with Gasteiger partial charge in [0.1, 0.15) is 0 Å². The quantitative estimate of drug-likeness (QED) is 0.550. The van der Waals surface area contributed by atoms with E-state index in [0.29, 0.717) is 13.2 Å². The predicted molar refractivity (Wildman–Crippen MR) is 79.8 cm³/mol. The maximum atomic E-state index is 9.37. The third-order valence-electron chi connectivity index (χ3n) is 1.63. The second kappa shape index (κ2) is 36.7. The zero-order chi connectivity index (χ0) is 16.8. The molecule has 0 atom stereocenters. The molecule has 4 N–H and O–H groups in total. The van der Waals surface area contributed by atoms with E-state index >= 15 is 0 Å². The summed E-state index contributed by atoms with van der Waals surface area (Å²) in [5.41, 5.74) is 0. The molecule has 0 aliphatic heterocycles. The number of carboxylic acid groups (broad SMARTS) is 2. The van der Waals surface area contributed by atoms with Crippen LogP contribution < -0.4 is 0 Å². The van der Waals surface area contributed by atoms with E-state index in [9.17, 15) is 9.59 Å². The zero-order valence-corrected chi connectivity index (χ0v) is 15.3. The number of aliphatic carboxylic acids is 2. The summed E-state index contributed by atoms with van der Waals surface area (Å²) in [6.07, 6.45) is 4.52. The van der Waals surface area contributed by atoms with Gasteiger partial charge in [0.25, 0.3) is 0 Å². The summed E-state index contributed by atoms with van der Waals surface area (Å²) in [6, 6.07) is 0. The minimum Gasteiger partial charge on any atom is -0.481 e. The van der Waals surface area contributed by atoms with Crippen molar-refractivity contribution >= 4 is 11.9 Å². The first-order chi connectivity index (χ1) is 9.37. The van der Waals surface area contributed by atoms with Crippen molar-refractivity contribution in [3.63, 3.8) is 0 Å².